The van der Waals surface area contributed by atoms with E-state index in [9.17, 15) is 18.0 Å². The fourth-order valence-corrected chi connectivity index (χ4v) is 2.64. The Labute approximate surface area is 161 Å². The summed E-state index contributed by atoms with van der Waals surface area (Å²) in [6.45, 7) is 8.35. The van der Waals surface area contributed by atoms with Gasteiger partial charge in [0.25, 0.3) is 0 Å². The molecule has 2 aromatic rings. The molecule has 5 nitrogen and oxygen atoms in total. The molecule has 0 atom stereocenters. The number of aromatic nitrogens is 1. The van der Waals surface area contributed by atoms with Crippen LogP contribution in [0.5, 0.6) is 5.75 Å². The molecule has 0 radical (unpaired) electrons. The van der Waals surface area contributed by atoms with Gasteiger partial charge in [0.1, 0.15) is 12.4 Å². The number of esters is 1. The van der Waals surface area contributed by atoms with Crippen molar-refractivity contribution in [1.82, 2.24) is 4.98 Å². The van der Waals surface area contributed by atoms with Crippen LogP contribution in [0, 0.1) is 20.8 Å². The zero-order valence-corrected chi connectivity index (χ0v) is 16.3. The Morgan fingerprint density at radius 1 is 1.07 bits per heavy atom. The minimum absolute atomic E-state index is 0.00427. The molecule has 2 rings (SSSR count). The molecule has 0 amide bonds. The number of hydrogen-bond donors (Lipinski definition) is 0. The number of nitrogens with zero attached hydrogens (tertiary/aromatic N) is 2. The normalized spacial score (nSPS) is 12.1. The minimum Gasteiger partial charge on any atom is -0.426 e. The van der Waals surface area contributed by atoms with Gasteiger partial charge in [0.05, 0.1) is 22.5 Å². The van der Waals surface area contributed by atoms with Gasteiger partial charge in [0, 0.05) is 18.2 Å². The lowest BCUT2D eigenvalue weighted by atomic mass is 10.0. The van der Waals surface area contributed by atoms with Crippen LogP contribution in [0.25, 0.3) is 0 Å². The van der Waals surface area contributed by atoms with Crippen LogP contribution in [0.15, 0.2) is 29.4 Å². The average molecular weight is 394 g/mol. The number of alkyl halides is 3. The summed E-state index contributed by atoms with van der Waals surface area (Å²) in [5.41, 5.74) is 2.88. The number of ether oxygens (including phenoxy) is 1. The van der Waals surface area contributed by atoms with E-state index in [1.165, 1.54) is 19.1 Å². The third kappa shape index (κ3) is 5.09. The summed E-state index contributed by atoms with van der Waals surface area (Å²) in [4.78, 5) is 21.2. The Hall–Kier alpha value is -2.90. The van der Waals surface area contributed by atoms with Crippen molar-refractivity contribution in [3.05, 3.63) is 57.9 Å². The summed E-state index contributed by atoms with van der Waals surface area (Å²) in [6.07, 6.45) is -4.38. The Morgan fingerprint density at radius 3 is 2.21 bits per heavy atom. The van der Waals surface area contributed by atoms with Gasteiger partial charge in [-0.2, -0.15) is 13.2 Å². The van der Waals surface area contributed by atoms with Crippen molar-refractivity contribution >= 4 is 11.7 Å². The molecule has 1 aromatic heterocycles. The number of hydrogen-bond acceptors (Lipinski definition) is 5. The number of oxime groups is 1. The standard InChI is InChI=1S/C20H21F3N2O3/c1-11-12(2)24-13(3)18(19(11)28-15(5)26)14(4)25-27-10-16-6-8-17(9-7-16)20(21,22)23/h6-9H,10H2,1-5H3. The lowest BCUT2D eigenvalue weighted by Gasteiger charge is -2.15. The van der Waals surface area contributed by atoms with E-state index in [1.54, 1.807) is 20.8 Å². The third-order valence-electron chi connectivity index (χ3n) is 4.13. The van der Waals surface area contributed by atoms with E-state index in [2.05, 4.69) is 10.1 Å². The smallest absolute Gasteiger partial charge is 0.416 e. The molecule has 0 spiro atoms. The molecule has 0 bridgehead atoms. The van der Waals surface area contributed by atoms with Gasteiger partial charge in [-0.3, -0.25) is 9.78 Å². The summed E-state index contributed by atoms with van der Waals surface area (Å²) < 4.78 is 43.1. The van der Waals surface area contributed by atoms with E-state index < -0.39 is 17.7 Å². The number of carbonyl (C=O) groups is 1. The maximum Gasteiger partial charge on any atom is 0.416 e. The van der Waals surface area contributed by atoms with Crippen molar-refractivity contribution in [1.29, 1.82) is 0 Å². The van der Waals surface area contributed by atoms with Gasteiger partial charge in [-0.25, -0.2) is 0 Å². The number of benzene rings is 1. The molecule has 1 aromatic carbocycles. The van der Waals surface area contributed by atoms with Crippen LogP contribution in [-0.2, 0) is 22.4 Å². The number of carbonyl (C=O) groups excluding carboxylic acids is 1. The highest BCUT2D eigenvalue weighted by molar-refractivity contribution is 6.02. The molecule has 0 aliphatic carbocycles. The maximum atomic E-state index is 12.6. The highest BCUT2D eigenvalue weighted by Crippen LogP contribution is 2.30. The fraction of sp³-hybridized carbons (Fsp3) is 0.350. The Morgan fingerprint density at radius 2 is 1.68 bits per heavy atom. The topological polar surface area (TPSA) is 60.8 Å². The van der Waals surface area contributed by atoms with E-state index in [4.69, 9.17) is 9.57 Å². The maximum absolute atomic E-state index is 12.6. The van der Waals surface area contributed by atoms with Crippen molar-refractivity contribution < 1.29 is 27.5 Å². The first-order valence-electron chi connectivity index (χ1n) is 8.50. The number of halogens is 3. The molecule has 0 aliphatic rings. The van der Waals surface area contributed by atoms with Crippen molar-refractivity contribution in [2.24, 2.45) is 5.16 Å². The molecule has 1 heterocycles. The lowest BCUT2D eigenvalue weighted by Crippen LogP contribution is -2.12. The molecule has 0 saturated carbocycles. The van der Waals surface area contributed by atoms with Crippen LogP contribution in [0.1, 0.15) is 47.5 Å². The van der Waals surface area contributed by atoms with Gasteiger partial charge in [-0.05, 0) is 45.4 Å². The van der Waals surface area contributed by atoms with E-state index in [1.807, 2.05) is 6.92 Å². The summed E-state index contributed by atoms with van der Waals surface area (Å²) in [7, 11) is 0. The van der Waals surface area contributed by atoms with Crippen molar-refractivity contribution in [3.8, 4) is 5.75 Å². The van der Waals surface area contributed by atoms with E-state index in [-0.39, 0.29) is 6.61 Å². The Bertz CT molecular complexity index is 904. The molecular formula is C20H21F3N2O3. The summed E-state index contributed by atoms with van der Waals surface area (Å²) >= 11 is 0. The predicted molar refractivity (Wildman–Crippen MR) is 98.2 cm³/mol. The highest BCUT2D eigenvalue weighted by Gasteiger charge is 2.29. The number of aryl methyl sites for hydroxylation is 2. The molecule has 28 heavy (non-hydrogen) atoms. The molecule has 0 unspecified atom stereocenters. The van der Waals surface area contributed by atoms with E-state index in [0.29, 0.717) is 33.8 Å². The van der Waals surface area contributed by atoms with Crippen LogP contribution in [-0.4, -0.2) is 16.7 Å². The largest absolute Gasteiger partial charge is 0.426 e. The summed E-state index contributed by atoms with van der Waals surface area (Å²) in [5, 5.41) is 4.02. The van der Waals surface area contributed by atoms with Crippen molar-refractivity contribution in [3.63, 3.8) is 0 Å². The van der Waals surface area contributed by atoms with Gasteiger partial charge < -0.3 is 9.57 Å². The number of rotatable bonds is 5. The van der Waals surface area contributed by atoms with Crippen LogP contribution in [0.4, 0.5) is 13.2 Å². The first-order chi connectivity index (χ1) is 13.0. The van der Waals surface area contributed by atoms with E-state index in [0.717, 1.165) is 17.8 Å². The molecule has 8 heteroatoms. The van der Waals surface area contributed by atoms with Gasteiger partial charge >= 0.3 is 12.1 Å². The summed E-state index contributed by atoms with van der Waals surface area (Å²) in [6, 6.07) is 4.65. The Balaban J connectivity index is 2.22. The summed E-state index contributed by atoms with van der Waals surface area (Å²) in [5.74, 6) is -0.0929. The second-order valence-electron chi connectivity index (χ2n) is 6.35. The lowest BCUT2D eigenvalue weighted by molar-refractivity contribution is -0.137. The zero-order valence-electron chi connectivity index (χ0n) is 16.3. The monoisotopic (exact) mass is 394 g/mol. The van der Waals surface area contributed by atoms with Gasteiger partial charge in [0.2, 0.25) is 0 Å². The van der Waals surface area contributed by atoms with Crippen LogP contribution in [0.3, 0.4) is 0 Å². The van der Waals surface area contributed by atoms with Gasteiger partial charge in [-0.15, -0.1) is 0 Å². The van der Waals surface area contributed by atoms with E-state index >= 15 is 0 Å². The molecule has 0 fully saturated rings. The van der Waals surface area contributed by atoms with Crippen molar-refractivity contribution in [2.45, 2.75) is 47.4 Å². The highest BCUT2D eigenvalue weighted by atomic mass is 19.4. The fourth-order valence-electron chi connectivity index (χ4n) is 2.64. The van der Waals surface area contributed by atoms with Crippen LogP contribution in [0.2, 0.25) is 0 Å². The van der Waals surface area contributed by atoms with Crippen LogP contribution < -0.4 is 4.74 Å². The third-order valence-corrected chi connectivity index (χ3v) is 4.13. The zero-order chi connectivity index (χ0) is 21.1. The van der Waals surface area contributed by atoms with Gasteiger partial charge in [-0.1, -0.05) is 17.3 Å². The number of pyridine rings is 1. The average Bonchev–Trinajstić information content (AvgIpc) is 2.58. The quantitative estimate of drug-likeness (QED) is 0.411. The second kappa shape index (κ2) is 8.41. The van der Waals surface area contributed by atoms with Crippen LogP contribution >= 0.6 is 0 Å². The predicted octanol–water partition coefficient (Wildman–Crippen LogP) is 4.89. The molecule has 150 valence electrons. The first-order valence-corrected chi connectivity index (χ1v) is 8.50. The molecule has 0 N–H and O–H groups in total. The first kappa shape index (κ1) is 21.4. The van der Waals surface area contributed by atoms with Crippen molar-refractivity contribution in [2.75, 3.05) is 0 Å². The molecule has 0 saturated heterocycles. The molecule has 0 aliphatic heterocycles. The second-order valence-corrected chi connectivity index (χ2v) is 6.35. The van der Waals surface area contributed by atoms with Gasteiger partial charge in [0.15, 0.2) is 0 Å². The molecular weight excluding hydrogens is 373 g/mol. The Kier molecular flexibility index (Phi) is 6.43. The SMILES string of the molecule is CC(=O)Oc1c(C)c(C)nc(C)c1C(C)=NOCc1ccc(C(F)(F)F)cc1. The minimum atomic E-state index is -4.38.